The van der Waals surface area contributed by atoms with Crippen molar-refractivity contribution < 1.29 is 9.50 Å². The van der Waals surface area contributed by atoms with Crippen molar-refractivity contribution in [1.82, 2.24) is 10.6 Å². The molecule has 0 aliphatic carbocycles. The number of hydrogen-bond acceptors (Lipinski definition) is 2. The summed E-state index contributed by atoms with van der Waals surface area (Å²) in [4.78, 5) is 4.58. The van der Waals surface area contributed by atoms with Gasteiger partial charge in [0, 0.05) is 13.1 Å². The summed E-state index contributed by atoms with van der Waals surface area (Å²) in [5.74, 6) is 0.529. The lowest BCUT2D eigenvalue weighted by atomic mass is 10.1. The van der Waals surface area contributed by atoms with Crippen LogP contribution in [0.1, 0.15) is 29.2 Å². The summed E-state index contributed by atoms with van der Waals surface area (Å²) in [7, 11) is 0. The fraction of sp³-hybridized carbons (Fsp3) is 0.350. The monoisotopic (exact) mass is 343 g/mol. The third-order valence-corrected chi connectivity index (χ3v) is 4.03. The Hall–Kier alpha value is -2.40. The summed E-state index contributed by atoms with van der Waals surface area (Å²) in [6.07, 6.45) is 0.795. The molecule has 3 N–H and O–H groups in total. The Morgan fingerprint density at radius 2 is 1.84 bits per heavy atom. The molecule has 134 valence electrons. The smallest absolute Gasteiger partial charge is 0.191 e. The van der Waals surface area contributed by atoms with Crippen LogP contribution in [0.3, 0.4) is 0 Å². The molecule has 0 spiro atoms. The Kier molecular flexibility index (Phi) is 7.41. The molecule has 0 amide bonds. The second-order valence-corrected chi connectivity index (χ2v) is 5.87. The average molecular weight is 343 g/mol. The maximum Gasteiger partial charge on any atom is 0.191 e. The number of aliphatic hydroxyl groups excluding tert-OH is 1. The third-order valence-electron chi connectivity index (χ3n) is 4.03. The largest absolute Gasteiger partial charge is 0.392 e. The molecular weight excluding hydrogens is 317 g/mol. The lowest BCUT2D eigenvalue weighted by molar-refractivity contribution is 0.280. The zero-order chi connectivity index (χ0) is 18.1. The lowest BCUT2D eigenvalue weighted by Crippen LogP contribution is -2.38. The van der Waals surface area contributed by atoms with Gasteiger partial charge in [0.25, 0.3) is 0 Å². The van der Waals surface area contributed by atoms with Gasteiger partial charge in [-0.1, -0.05) is 30.3 Å². The van der Waals surface area contributed by atoms with Crippen molar-refractivity contribution in [2.45, 2.75) is 33.4 Å². The molecule has 0 unspecified atom stereocenters. The third kappa shape index (κ3) is 5.87. The molecule has 0 aliphatic rings. The highest BCUT2D eigenvalue weighted by atomic mass is 19.1. The molecule has 0 bridgehead atoms. The SMILES string of the molecule is CCNC(=NCc1ccccc1CO)NCCc1ccc(F)cc1C. The van der Waals surface area contributed by atoms with E-state index in [1.807, 2.05) is 44.2 Å². The number of halogens is 1. The first-order valence-corrected chi connectivity index (χ1v) is 8.59. The van der Waals surface area contributed by atoms with Crippen LogP contribution in [0.4, 0.5) is 4.39 Å². The normalized spacial score (nSPS) is 11.4. The summed E-state index contributed by atoms with van der Waals surface area (Å²) in [6, 6.07) is 12.6. The van der Waals surface area contributed by atoms with E-state index in [0.29, 0.717) is 13.1 Å². The number of nitrogens with one attached hydrogen (secondary N) is 2. The summed E-state index contributed by atoms with van der Waals surface area (Å²) < 4.78 is 13.2. The van der Waals surface area contributed by atoms with Gasteiger partial charge >= 0.3 is 0 Å². The first kappa shape index (κ1) is 18.9. The Morgan fingerprint density at radius 1 is 1.08 bits per heavy atom. The first-order chi connectivity index (χ1) is 12.1. The van der Waals surface area contributed by atoms with Crippen molar-refractivity contribution in [3.8, 4) is 0 Å². The van der Waals surface area contributed by atoms with Crippen LogP contribution in [-0.4, -0.2) is 24.2 Å². The maximum atomic E-state index is 13.2. The van der Waals surface area contributed by atoms with Crippen LogP contribution >= 0.6 is 0 Å². The quantitative estimate of drug-likeness (QED) is 0.535. The van der Waals surface area contributed by atoms with Crippen LogP contribution in [0.15, 0.2) is 47.5 Å². The van der Waals surface area contributed by atoms with Gasteiger partial charge in [0.1, 0.15) is 5.82 Å². The van der Waals surface area contributed by atoms with Crippen molar-refractivity contribution in [3.05, 3.63) is 70.5 Å². The van der Waals surface area contributed by atoms with Crippen LogP contribution < -0.4 is 10.6 Å². The molecule has 0 radical (unpaired) electrons. The van der Waals surface area contributed by atoms with Gasteiger partial charge in [0.2, 0.25) is 0 Å². The van der Waals surface area contributed by atoms with Gasteiger partial charge in [-0.25, -0.2) is 9.38 Å². The molecule has 2 aromatic rings. The number of guanidine groups is 1. The zero-order valence-corrected chi connectivity index (χ0v) is 14.8. The van der Waals surface area contributed by atoms with E-state index in [9.17, 15) is 9.50 Å². The van der Waals surface area contributed by atoms with Gasteiger partial charge in [0.05, 0.1) is 13.2 Å². The van der Waals surface area contributed by atoms with E-state index in [-0.39, 0.29) is 12.4 Å². The Morgan fingerprint density at radius 3 is 2.52 bits per heavy atom. The van der Waals surface area contributed by atoms with E-state index in [4.69, 9.17) is 0 Å². The van der Waals surface area contributed by atoms with Crippen LogP contribution in [-0.2, 0) is 19.6 Å². The molecular formula is C20H26FN3O. The lowest BCUT2D eigenvalue weighted by Gasteiger charge is -2.13. The minimum Gasteiger partial charge on any atom is -0.392 e. The van der Waals surface area contributed by atoms with E-state index >= 15 is 0 Å². The molecule has 0 fully saturated rings. The predicted octanol–water partition coefficient (Wildman–Crippen LogP) is 2.92. The molecule has 4 nitrogen and oxygen atoms in total. The summed E-state index contributed by atoms with van der Waals surface area (Å²) in [5, 5.41) is 15.9. The van der Waals surface area contributed by atoms with Gasteiger partial charge < -0.3 is 15.7 Å². The number of rotatable bonds is 7. The van der Waals surface area contributed by atoms with Crippen LogP contribution in [0.2, 0.25) is 0 Å². The number of aryl methyl sites for hydroxylation is 1. The molecule has 2 rings (SSSR count). The molecule has 0 saturated carbocycles. The van der Waals surface area contributed by atoms with Crippen molar-refractivity contribution in [1.29, 1.82) is 0 Å². The second-order valence-electron chi connectivity index (χ2n) is 5.87. The van der Waals surface area contributed by atoms with Crippen LogP contribution in [0.25, 0.3) is 0 Å². The first-order valence-electron chi connectivity index (χ1n) is 8.59. The molecule has 5 heteroatoms. The molecule has 0 heterocycles. The van der Waals surface area contributed by atoms with Crippen molar-refractivity contribution in [3.63, 3.8) is 0 Å². The minimum absolute atomic E-state index is 0.0134. The summed E-state index contributed by atoms with van der Waals surface area (Å²) >= 11 is 0. The molecule has 0 aliphatic heterocycles. The van der Waals surface area contributed by atoms with E-state index < -0.39 is 0 Å². The highest BCUT2D eigenvalue weighted by molar-refractivity contribution is 5.79. The van der Waals surface area contributed by atoms with Gasteiger partial charge in [0.15, 0.2) is 5.96 Å². The van der Waals surface area contributed by atoms with E-state index in [1.165, 1.54) is 6.07 Å². The highest BCUT2D eigenvalue weighted by Gasteiger charge is 2.03. The molecule has 0 atom stereocenters. The Balaban J connectivity index is 1.95. The molecule has 0 saturated heterocycles. The number of benzene rings is 2. The van der Waals surface area contributed by atoms with Gasteiger partial charge in [-0.15, -0.1) is 0 Å². The Bertz CT molecular complexity index is 716. The predicted molar refractivity (Wildman–Crippen MR) is 100 cm³/mol. The zero-order valence-electron chi connectivity index (χ0n) is 14.8. The van der Waals surface area contributed by atoms with Gasteiger partial charge in [-0.05, 0) is 54.7 Å². The van der Waals surface area contributed by atoms with E-state index in [2.05, 4.69) is 15.6 Å². The van der Waals surface area contributed by atoms with Crippen LogP contribution in [0, 0.1) is 12.7 Å². The number of aliphatic imine (C=N–C) groups is 1. The van der Waals surface area contributed by atoms with E-state index in [0.717, 1.165) is 41.2 Å². The molecule has 0 aromatic heterocycles. The average Bonchev–Trinajstić information content (AvgIpc) is 2.61. The fourth-order valence-electron chi connectivity index (χ4n) is 2.63. The molecule has 2 aromatic carbocycles. The van der Waals surface area contributed by atoms with Gasteiger partial charge in [-0.3, -0.25) is 0 Å². The van der Waals surface area contributed by atoms with Crippen molar-refractivity contribution in [2.75, 3.05) is 13.1 Å². The van der Waals surface area contributed by atoms with Gasteiger partial charge in [-0.2, -0.15) is 0 Å². The minimum atomic E-state index is -0.202. The second kappa shape index (κ2) is 9.79. The van der Waals surface area contributed by atoms with Crippen molar-refractivity contribution >= 4 is 5.96 Å². The van der Waals surface area contributed by atoms with Crippen LogP contribution in [0.5, 0.6) is 0 Å². The Labute approximate surface area is 148 Å². The standard InChI is InChI=1S/C20H26FN3O/c1-3-22-20(24-13-17-6-4-5-7-18(17)14-25)23-11-10-16-8-9-19(21)12-15(16)2/h4-9,12,25H,3,10-11,13-14H2,1-2H3,(H2,22,23,24). The van der Waals surface area contributed by atoms with E-state index in [1.54, 1.807) is 6.07 Å². The topological polar surface area (TPSA) is 56.7 Å². The fourth-order valence-corrected chi connectivity index (χ4v) is 2.63. The molecule has 25 heavy (non-hydrogen) atoms. The maximum absolute atomic E-state index is 13.2. The number of hydrogen-bond donors (Lipinski definition) is 3. The number of nitrogens with zero attached hydrogens (tertiary/aromatic N) is 1. The van der Waals surface area contributed by atoms with Crippen molar-refractivity contribution in [2.24, 2.45) is 4.99 Å². The summed E-state index contributed by atoms with van der Waals surface area (Å²) in [5.41, 5.74) is 3.98. The summed E-state index contributed by atoms with van der Waals surface area (Å²) in [6.45, 7) is 5.93. The highest BCUT2D eigenvalue weighted by Crippen LogP contribution is 2.11. The number of aliphatic hydroxyl groups is 1.